The fraction of sp³-hybridized carbons (Fsp3) is 0.571. The minimum atomic E-state index is -0.210. The van der Waals surface area contributed by atoms with Crippen molar-refractivity contribution >= 4 is 11.8 Å². The molecule has 1 aliphatic carbocycles. The number of carbonyl (C=O) groups excluding carboxylic acids is 1. The molecule has 2 aliphatic heterocycles. The summed E-state index contributed by atoms with van der Waals surface area (Å²) in [5.74, 6) is 0.998. The molecular formula is C21H29N3O2. The third-order valence-corrected chi connectivity index (χ3v) is 6.37. The topological polar surface area (TPSA) is 36.0 Å². The lowest BCUT2D eigenvalue weighted by atomic mass is 9.86. The standard InChI is InChI=1S/C21H29N3O2/c1-4-13-26-21(25)24-8-7-17-15(2)20(24)19-14-16(5-6-18(17)19)23-11-9-22(3)10-12-23/h4-6,14-15,17,20H,1,7-13H2,2-3H3/t15-,17?,20?/m0/s1. The van der Waals surface area contributed by atoms with Crippen LogP contribution in [0.4, 0.5) is 10.5 Å². The van der Waals surface area contributed by atoms with Crippen LogP contribution in [0.25, 0.3) is 0 Å². The van der Waals surface area contributed by atoms with Gasteiger partial charge in [0.1, 0.15) is 6.61 Å². The Balaban J connectivity index is 1.61. The zero-order chi connectivity index (χ0) is 18.3. The second kappa shape index (κ2) is 6.95. The molecule has 0 radical (unpaired) electrons. The van der Waals surface area contributed by atoms with Gasteiger partial charge in [0.15, 0.2) is 0 Å². The monoisotopic (exact) mass is 355 g/mol. The minimum Gasteiger partial charge on any atom is -0.445 e. The van der Waals surface area contributed by atoms with Gasteiger partial charge in [-0.05, 0) is 48.6 Å². The van der Waals surface area contributed by atoms with Gasteiger partial charge in [-0.25, -0.2) is 4.79 Å². The number of ether oxygens (including phenoxy) is 1. The van der Waals surface area contributed by atoms with Crippen LogP contribution in [-0.4, -0.2) is 62.3 Å². The van der Waals surface area contributed by atoms with E-state index >= 15 is 0 Å². The van der Waals surface area contributed by atoms with Crippen LogP contribution >= 0.6 is 0 Å². The smallest absolute Gasteiger partial charge is 0.410 e. The van der Waals surface area contributed by atoms with Gasteiger partial charge in [-0.15, -0.1) is 0 Å². The molecule has 0 spiro atoms. The van der Waals surface area contributed by atoms with Gasteiger partial charge in [0.05, 0.1) is 6.04 Å². The largest absolute Gasteiger partial charge is 0.445 e. The second-order valence-corrected chi connectivity index (χ2v) is 7.86. The first-order chi connectivity index (χ1) is 12.6. The molecule has 26 heavy (non-hydrogen) atoms. The molecule has 1 aromatic carbocycles. The summed E-state index contributed by atoms with van der Waals surface area (Å²) in [6.07, 6.45) is 2.43. The normalized spacial score (nSPS) is 28.0. The third-order valence-electron chi connectivity index (χ3n) is 6.37. The molecule has 140 valence electrons. The van der Waals surface area contributed by atoms with Crippen molar-refractivity contribution in [2.75, 3.05) is 51.3 Å². The van der Waals surface area contributed by atoms with Gasteiger partial charge in [-0.2, -0.15) is 0 Å². The first kappa shape index (κ1) is 17.4. The fourth-order valence-electron chi connectivity index (χ4n) is 4.91. The molecule has 1 amide bonds. The summed E-state index contributed by atoms with van der Waals surface area (Å²) in [6, 6.07) is 7.05. The molecule has 3 atom stereocenters. The maximum atomic E-state index is 12.6. The number of hydrogen-bond acceptors (Lipinski definition) is 4. The number of anilines is 1. The molecule has 4 rings (SSSR count). The molecule has 5 nitrogen and oxygen atoms in total. The van der Waals surface area contributed by atoms with Gasteiger partial charge in [-0.3, -0.25) is 0 Å². The van der Waals surface area contributed by atoms with Gasteiger partial charge in [0.25, 0.3) is 0 Å². The van der Waals surface area contributed by atoms with Crippen LogP contribution in [0.3, 0.4) is 0 Å². The summed E-state index contributed by atoms with van der Waals surface area (Å²) in [5, 5.41) is 0. The van der Waals surface area contributed by atoms with E-state index in [1.54, 1.807) is 6.08 Å². The molecule has 0 N–H and O–H groups in total. The number of amides is 1. The van der Waals surface area contributed by atoms with E-state index in [9.17, 15) is 4.79 Å². The van der Waals surface area contributed by atoms with Gasteiger partial charge < -0.3 is 19.4 Å². The van der Waals surface area contributed by atoms with E-state index in [4.69, 9.17) is 4.74 Å². The zero-order valence-electron chi connectivity index (χ0n) is 15.9. The summed E-state index contributed by atoms with van der Waals surface area (Å²) >= 11 is 0. The summed E-state index contributed by atoms with van der Waals surface area (Å²) in [5.41, 5.74) is 4.04. The average molecular weight is 355 g/mol. The van der Waals surface area contributed by atoms with E-state index in [0.717, 1.165) is 39.1 Å². The van der Waals surface area contributed by atoms with E-state index in [0.29, 0.717) is 11.8 Å². The maximum absolute atomic E-state index is 12.6. The van der Waals surface area contributed by atoms with Crippen molar-refractivity contribution in [3.63, 3.8) is 0 Å². The zero-order valence-corrected chi connectivity index (χ0v) is 15.9. The van der Waals surface area contributed by atoms with Crippen LogP contribution in [0.2, 0.25) is 0 Å². The summed E-state index contributed by atoms with van der Waals surface area (Å²) < 4.78 is 5.36. The summed E-state index contributed by atoms with van der Waals surface area (Å²) in [6.45, 7) is 11.3. The van der Waals surface area contributed by atoms with Crippen molar-refractivity contribution in [1.82, 2.24) is 9.80 Å². The molecule has 0 saturated carbocycles. The molecule has 2 unspecified atom stereocenters. The quantitative estimate of drug-likeness (QED) is 0.780. The number of benzene rings is 1. The van der Waals surface area contributed by atoms with Crippen LogP contribution in [-0.2, 0) is 4.74 Å². The van der Waals surface area contributed by atoms with Gasteiger partial charge in [0.2, 0.25) is 0 Å². The first-order valence-corrected chi connectivity index (χ1v) is 9.71. The van der Waals surface area contributed by atoms with Crippen LogP contribution in [0, 0.1) is 5.92 Å². The number of likely N-dealkylation sites (N-methyl/N-ethyl adjacent to an activating group) is 1. The maximum Gasteiger partial charge on any atom is 0.410 e. The first-order valence-electron chi connectivity index (χ1n) is 9.71. The minimum absolute atomic E-state index is 0.133. The highest BCUT2D eigenvalue weighted by atomic mass is 16.6. The highest BCUT2D eigenvalue weighted by Crippen LogP contribution is 2.53. The third kappa shape index (κ3) is 2.88. The number of piperazine rings is 1. The number of hydrogen-bond donors (Lipinski definition) is 0. The highest BCUT2D eigenvalue weighted by molar-refractivity contribution is 5.70. The van der Waals surface area contributed by atoms with Crippen molar-refractivity contribution < 1.29 is 9.53 Å². The van der Waals surface area contributed by atoms with Gasteiger partial charge in [-0.1, -0.05) is 25.6 Å². The lowest BCUT2D eigenvalue weighted by Gasteiger charge is -2.37. The molecule has 3 aliphatic rings. The molecule has 0 aromatic heterocycles. The van der Waals surface area contributed by atoms with Crippen molar-refractivity contribution in [1.29, 1.82) is 0 Å². The van der Waals surface area contributed by atoms with E-state index in [1.165, 1.54) is 16.8 Å². The lowest BCUT2D eigenvalue weighted by Crippen LogP contribution is -2.44. The molecule has 1 aromatic rings. The molecule has 5 heteroatoms. The van der Waals surface area contributed by atoms with Crippen LogP contribution in [0.1, 0.15) is 36.4 Å². The van der Waals surface area contributed by atoms with E-state index < -0.39 is 0 Å². The highest BCUT2D eigenvalue weighted by Gasteiger charge is 2.46. The number of nitrogens with zero attached hydrogens (tertiary/aromatic N) is 3. The molecule has 2 saturated heterocycles. The lowest BCUT2D eigenvalue weighted by molar-refractivity contribution is 0.0638. The molecule has 2 heterocycles. The van der Waals surface area contributed by atoms with Gasteiger partial charge in [0, 0.05) is 38.4 Å². The number of likely N-dealkylation sites (tertiary alicyclic amines) is 1. The number of rotatable bonds is 3. The van der Waals surface area contributed by atoms with Gasteiger partial charge >= 0.3 is 6.09 Å². The number of carbonyl (C=O) groups is 1. The molecule has 2 bridgehead atoms. The van der Waals surface area contributed by atoms with Crippen molar-refractivity contribution in [3.8, 4) is 0 Å². The average Bonchev–Trinajstić information content (AvgIpc) is 2.82. The Morgan fingerprint density at radius 3 is 2.73 bits per heavy atom. The van der Waals surface area contributed by atoms with Crippen molar-refractivity contribution in [3.05, 3.63) is 42.0 Å². The Kier molecular flexibility index (Phi) is 4.65. The Morgan fingerprint density at radius 2 is 2.00 bits per heavy atom. The Bertz CT molecular complexity index is 696. The Labute approximate surface area is 156 Å². The number of fused-ring (bicyclic) bond motifs is 5. The number of piperidine rings is 1. The Morgan fingerprint density at radius 1 is 1.23 bits per heavy atom. The van der Waals surface area contributed by atoms with E-state index in [1.807, 2.05) is 4.90 Å². The predicted octanol–water partition coefficient (Wildman–Crippen LogP) is 3.24. The second-order valence-electron chi connectivity index (χ2n) is 7.86. The van der Waals surface area contributed by atoms with Crippen LogP contribution < -0.4 is 4.90 Å². The fourth-order valence-corrected chi connectivity index (χ4v) is 4.91. The van der Waals surface area contributed by atoms with Crippen LogP contribution in [0.15, 0.2) is 30.9 Å². The van der Waals surface area contributed by atoms with E-state index in [-0.39, 0.29) is 18.7 Å². The predicted molar refractivity (Wildman–Crippen MR) is 104 cm³/mol. The van der Waals surface area contributed by atoms with Crippen molar-refractivity contribution in [2.45, 2.75) is 25.3 Å². The Hall–Kier alpha value is -2.01. The van der Waals surface area contributed by atoms with Crippen LogP contribution in [0.5, 0.6) is 0 Å². The summed E-state index contributed by atoms with van der Waals surface area (Å²) in [4.78, 5) is 19.3. The van der Waals surface area contributed by atoms with Crippen molar-refractivity contribution in [2.24, 2.45) is 5.92 Å². The summed E-state index contributed by atoms with van der Waals surface area (Å²) in [7, 11) is 2.18. The SMILES string of the molecule is C=CCOC(=O)N1CCC2c3ccc(N4CCN(C)CC4)cc3C1[C@H]2C. The molecular weight excluding hydrogens is 326 g/mol. The van der Waals surface area contributed by atoms with E-state index in [2.05, 4.69) is 48.5 Å². The molecule has 2 fully saturated rings.